The first-order chi connectivity index (χ1) is 13.1. The van der Waals surface area contributed by atoms with Crippen molar-refractivity contribution in [2.75, 3.05) is 38.1 Å². The van der Waals surface area contributed by atoms with Gasteiger partial charge in [0, 0.05) is 69.9 Å². The number of nitrogens with one attached hydrogen (secondary N) is 1. The first kappa shape index (κ1) is 19.0. The van der Waals surface area contributed by atoms with Crippen LogP contribution < -0.4 is 10.2 Å². The molecule has 0 saturated carbocycles. The molecule has 9 nitrogen and oxygen atoms in total. The van der Waals surface area contributed by atoms with Crippen molar-refractivity contribution in [1.29, 1.82) is 0 Å². The summed E-state index contributed by atoms with van der Waals surface area (Å²) in [4.78, 5) is 23.7. The first-order valence-corrected chi connectivity index (χ1v) is 9.64. The number of aryl methyl sites for hydroxylation is 1. The molecule has 0 amide bonds. The van der Waals surface area contributed by atoms with Gasteiger partial charge in [0.05, 0.1) is 4.92 Å². The average molecular weight is 389 g/mol. The van der Waals surface area contributed by atoms with Gasteiger partial charge in [-0.05, 0) is 5.56 Å². The largest absolute Gasteiger partial charge is 0.352 e. The predicted molar refractivity (Wildman–Crippen MR) is 106 cm³/mol. The van der Waals surface area contributed by atoms with Gasteiger partial charge >= 0.3 is 0 Å². The molecule has 1 N–H and O–H groups in total. The van der Waals surface area contributed by atoms with Crippen LogP contribution in [0.2, 0.25) is 0 Å². The summed E-state index contributed by atoms with van der Waals surface area (Å²) in [5.74, 6) is 1.73. The second kappa shape index (κ2) is 8.76. The van der Waals surface area contributed by atoms with Crippen LogP contribution in [-0.4, -0.2) is 58.4 Å². The van der Waals surface area contributed by atoms with Crippen molar-refractivity contribution >= 4 is 28.3 Å². The monoisotopic (exact) mass is 389 g/mol. The van der Waals surface area contributed by atoms with Crippen LogP contribution in [0.3, 0.4) is 0 Å². The number of anilines is 1. The van der Waals surface area contributed by atoms with E-state index in [2.05, 4.69) is 36.4 Å². The number of guanidine groups is 1. The molecule has 0 spiro atoms. The van der Waals surface area contributed by atoms with E-state index < -0.39 is 4.92 Å². The van der Waals surface area contributed by atoms with Crippen molar-refractivity contribution in [3.8, 4) is 0 Å². The van der Waals surface area contributed by atoms with E-state index in [1.165, 1.54) is 23.7 Å². The van der Waals surface area contributed by atoms with E-state index in [4.69, 9.17) is 0 Å². The number of aliphatic imine (C=N–C) groups is 1. The van der Waals surface area contributed by atoms with Crippen molar-refractivity contribution < 1.29 is 4.92 Å². The third kappa shape index (κ3) is 4.70. The highest BCUT2D eigenvalue weighted by Crippen LogP contribution is 2.19. The molecule has 3 rings (SSSR count). The smallest absolute Gasteiger partial charge is 0.269 e. The second-order valence-electron chi connectivity index (χ2n) is 6.15. The van der Waals surface area contributed by atoms with E-state index in [1.54, 1.807) is 19.2 Å². The summed E-state index contributed by atoms with van der Waals surface area (Å²) in [5, 5.41) is 15.1. The zero-order chi connectivity index (χ0) is 19.2. The van der Waals surface area contributed by atoms with Crippen molar-refractivity contribution in [1.82, 2.24) is 19.6 Å². The number of nitro groups is 1. The summed E-state index contributed by atoms with van der Waals surface area (Å²) in [6.07, 6.45) is 0.857. The van der Waals surface area contributed by atoms with E-state index in [0.29, 0.717) is 6.54 Å². The van der Waals surface area contributed by atoms with Crippen LogP contribution >= 0.6 is 11.5 Å². The van der Waals surface area contributed by atoms with Crippen molar-refractivity contribution in [2.45, 2.75) is 19.9 Å². The third-order valence-corrected chi connectivity index (χ3v) is 5.25. The number of benzene rings is 1. The number of hydrogen-bond acceptors (Lipinski definition) is 7. The minimum Gasteiger partial charge on any atom is -0.352 e. The molecule has 1 aliphatic rings. The summed E-state index contributed by atoms with van der Waals surface area (Å²) in [6.45, 7) is 6.07. The van der Waals surface area contributed by atoms with Crippen molar-refractivity contribution in [3.05, 3.63) is 45.8 Å². The molecule has 1 aromatic heterocycles. The Balaban J connectivity index is 1.52. The van der Waals surface area contributed by atoms with Gasteiger partial charge in [-0.3, -0.25) is 15.1 Å². The topological polar surface area (TPSA) is 99.8 Å². The van der Waals surface area contributed by atoms with Crippen molar-refractivity contribution in [2.24, 2.45) is 4.99 Å². The Morgan fingerprint density at radius 2 is 2.00 bits per heavy atom. The number of non-ortho nitro benzene ring substituents is 1. The standard InChI is InChI=1S/C17H23N7O2S/c1-3-15-20-17(27-21-15)23-10-8-22(9-11-23)16(18-2)19-12-13-4-6-14(7-5-13)24(25)26/h4-7H,3,8-12H2,1-2H3,(H,18,19). The normalized spacial score (nSPS) is 15.1. The summed E-state index contributed by atoms with van der Waals surface area (Å²) in [5.41, 5.74) is 1.07. The molecule has 0 atom stereocenters. The highest BCUT2D eigenvalue weighted by atomic mass is 32.1. The summed E-state index contributed by atoms with van der Waals surface area (Å²) in [6, 6.07) is 6.56. The molecule has 10 heteroatoms. The lowest BCUT2D eigenvalue weighted by Gasteiger charge is -2.36. The van der Waals surface area contributed by atoms with Crippen LogP contribution in [0, 0.1) is 10.1 Å². The van der Waals surface area contributed by atoms with E-state index in [0.717, 1.165) is 55.1 Å². The lowest BCUT2D eigenvalue weighted by atomic mass is 10.2. The number of aromatic nitrogens is 2. The fraction of sp³-hybridized carbons (Fsp3) is 0.471. The molecule has 1 saturated heterocycles. The highest BCUT2D eigenvalue weighted by Gasteiger charge is 2.22. The number of rotatable bonds is 5. The molecule has 0 radical (unpaired) electrons. The van der Waals surface area contributed by atoms with Gasteiger partial charge in [-0.1, -0.05) is 19.1 Å². The zero-order valence-electron chi connectivity index (χ0n) is 15.5. The second-order valence-corrected chi connectivity index (χ2v) is 6.88. The number of piperazine rings is 1. The molecule has 1 fully saturated rings. The van der Waals surface area contributed by atoms with Crippen LogP contribution in [0.5, 0.6) is 0 Å². The molecule has 27 heavy (non-hydrogen) atoms. The lowest BCUT2D eigenvalue weighted by molar-refractivity contribution is -0.384. The molecule has 0 aliphatic carbocycles. The molecule has 144 valence electrons. The van der Waals surface area contributed by atoms with Crippen LogP contribution in [0.1, 0.15) is 18.3 Å². The van der Waals surface area contributed by atoms with Gasteiger partial charge in [-0.2, -0.15) is 4.37 Å². The molecule has 1 aliphatic heterocycles. The minimum atomic E-state index is -0.392. The molecule has 0 unspecified atom stereocenters. The Morgan fingerprint density at radius 1 is 1.30 bits per heavy atom. The Morgan fingerprint density at radius 3 is 2.56 bits per heavy atom. The van der Waals surface area contributed by atoms with Gasteiger partial charge in [0.2, 0.25) is 5.13 Å². The summed E-state index contributed by atoms with van der Waals surface area (Å²) in [7, 11) is 1.77. The minimum absolute atomic E-state index is 0.0992. The van der Waals surface area contributed by atoms with Gasteiger partial charge in [0.25, 0.3) is 5.69 Å². The van der Waals surface area contributed by atoms with Gasteiger partial charge in [0.1, 0.15) is 5.82 Å². The Labute approximate surface area is 162 Å². The maximum Gasteiger partial charge on any atom is 0.269 e. The molecular weight excluding hydrogens is 366 g/mol. The van der Waals surface area contributed by atoms with Gasteiger partial charge < -0.3 is 15.1 Å². The summed E-state index contributed by atoms with van der Waals surface area (Å²) < 4.78 is 4.36. The van der Waals surface area contributed by atoms with Gasteiger partial charge in [0.15, 0.2) is 5.96 Å². The molecule has 1 aromatic carbocycles. The van der Waals surface area contributed by atoms with E-state index in [9.17, 15) is 10.1 Å². The predicted octanol–water partition coefficient (Wildman–Crippen LogP) is 1.91. The summed E-state index contributed by atoms with van der Waals surface area (Å²) >= 11 is 1.46. The Kier molecular flexibility index (Phi) is 6.17. The highest BCUT2D eigenvalue weighted by molar-refractivity contribution is 7.09. The van der Waals surface area contributed by atoms with Crippen LogP contribution in [0.25, 0.3) is 0 Å². The Hall–Kier alpha value is -2.75. The van der Waals surface area contributed by atoms with E-state index in [-0.39, 0.29) is 5.69 Å². The maximum atomic E-state index is 10.7. The molecule has 0 bridgehead atoms. The van der Waals surface area contributed by atoms with E-state index in [1.807, 2.05) is 0 Å². The fourth-order valence-corrected chi connectivity index (χ4v) is 3.68. The van der Waals surface area contributed by atoms with Gasteiger partial charge in [-0.15, -0.1) is 0 Å². The number of nitrogens with zero attached hydrogens (tertiary/aromatic N) is 6. The zero-order valence-corrected chi connectivity index (χ0v) is 16.3. The third-order valence-electron chi connectivity index (χ3n) is 4.43. The van der Waals surface area contributed by atoms with E-state index >= 15 is 0 Å². The van der Waals surface area contributed by atoms with Crippen molar-refractivity contribution in [3.63, 3.8) is 0 Å². The molecule has 2 heterocycles. The lowest BCUT2D eigenvalue weighted by Crippen LogP contribution is -2.52. The first-order valence-electron chi connectivity index (χ1n) is 8.87. The number of nitro benzene ring substituents is 1. The van der Waals surface area contributed by atoms with Crippen LogP contribution in [-0.2, 0) is 13.0 Å². The number of hydrogen-bond donors (Lipinski definition) is 1. The average Bonchev–Trinajstić information content (AvgIpc) is 3.18. The quantitative estimate of drug-likeness (QED) is 0.361. The van der Waals surface area contributed by atoms with Gasteiger partial charge in [-0.25, -0.2) is 4.98 Å². The van der Waals surface area contributed by atoms with Crippen LogP contribution in [0.15, 0.2) is 29.3 Å². The molecular formula is C17H23N7O2S. The fourth-order valence-electron chi connectivity index (χ4n) is 2.88. The van der Waals surface area contributed by atoms with Crippen LogP contribution in [0.4, 0.5) is 10.8 Å². The maximum absolute atomic E-state index is 10.7. The Bertz CT molecular complexity index is 798. The molecule has 2 aromatic rings. The SMILES string of the molecule is CCc1nsc(N2CCN(C(=NC)NCc3ccc([N+](=O)[O-])cc3)CC2)n1.